The van der Waals surface area contributed by atoms with Crippen molar-refractivity contribution < 1.29 is 9.21 Å². The lowest BCUT2D eigenvalue weighted by molar-refractivity contribution is -0.121. The van der Waals surface area contributed by atoms with Crippen molar-refractivity contribution in [2.75, 3.05) is 5.32 Å². The summed E-state index contributed by atoms with van der Waals surface area (Å²) in [6.07, 6.45) is 3.68. The van der Waals surface area contributed by atoms with E-state index in [1.54, 1.807) is 20.1 Å². The molecule has 3 rings (SSSR count). The number of amides is 1. The van der Waals surface area contributed by atoms with Crippen LogP contribution in [0.2, 0.25) is 0 Å². The fourth-order valence-electron chi connectivity index (χ4n) is 2.35. The summed E-state index contributed by atoms with van der Waals surface area (Å²) in [5.74, 6) is 0.802. The number of aromatic nitrogens is 1. The van der Waals surface area contributed by atoms with E-state index < -0.39 is 5.54 Å². The van der Waals surface area contributed by atoms with Gasteiger partial charge in [-0.1, -0.05) is 12.1 Å². The summed E-state index contributed by atoms with van der Waals surface area (Å²) in [6.45, 7) is 3.60. The zero-order valence-electron chi connectivity index (χ0n) is 12.2. The van der Waals surface area contributed by atoms with Gasteiger partial charge in [0.15, 0.2) is 5.89 Å². The Morgan fingerprint density at radius 1 is 1.38 bits per heavy atom. The Morgan fingerprint density at radius 2 is 2.05 bits per heavy atom. The standard InChI is InChI=1S/C16H19N3O2/c1-10-18-14(9-21-10)11-3-7-13(8-4-11)19-15(20)16(2,17)12-5-6-12/h3-4,7-9,12H,5-6,17H2,1-2H3,(H,19,20). The number of hydrogen-bond acceptors (Lipinski definition) is 4. The molecule has 1 fully saturated rings. The Hall–Kier alpha value is -2.14. The van der Waals surface area contributed by atoms with Crippen LogP contribution >= 0.6 is 0 Å². The molecule has 0 bridgehead atoms. The van der Waals surface area contributed by atoms with E-state index in [-0.39, 0.29) is 5.91 Å². The average molecular weight is 285 g/mol. The van der Waals surface area contributed by atoms with Crippen molar-refractivity contribution >= 4 is 11.6 Å². The Kier molecular flexibility index (Phi) is 3.29. The van der Waals surface area contributed by atoms with Crippen LogP contribution in [0, 0.1) is 12.8 Å². The molecule has 5 nitrogen and oxygen atoms in total. The highest BCUT2D eigenvalue weighted by atomic mass is 16.3. The third-order valence-electron chi connectivity index (χ3n) is 3.97. The van der Waals surface area contributed by atoms with Crippen molar-refractivity contribution in [3.8, 4) is 11.3 Å². The first-order valence-corrected chi connectivity index (χ1v) is 7.10. The Balaban J connectivity index is 1.71. The van der Waals surface area contributed by atoms with Crippen molar-refractivity contribution in [3.05, 3.63) is 36.4 Å². The molecule has 21 heavy (non-hydrogen) atoms. The van der Waals surface area contributed by atoms with Gasteiger partial charge in [0.25, 0.3) is 0 Å². The minimum Gasteiger partial charge on any atom is -0.449 e. The van der Waals surface area contributed by atoms with E-state index in [4.69, 9.17) is 10.2 Å². The van der Waals surface area contributed by atoms with Gasteiger partial charge in [0.2, 0.25) is 5.91 Å². The predicted molar refractivity (Wildman–Crippen MR) is 80.6 cm³/mol. The Bertz CT molecular complexity index is 654. The lowest BCUT2D eigenvalue weighted by Crippen LogP contribution is -2.50. The normalized spacial score (nSPS) is 17.3. The molecule has 0 spiro atoms. The first-order valence-electron chi connectivity index (χ1n) is 7.10. The van der Waals surface area contributed by atoms with Crippen LogP contribution in [0.15, 0.2) is 34.9 Å². The second-order valence-corrected chi connectivity index (χ2v) is 5.84. The van der Waals surface area contributed by atoms with Crippen molar-refractivity contribution in [3.63, 3.8) is 0 Å². The number of nitrogens with one attached hydrogen (secondary N) is 1. The van der Waals surface area contributed by atoms with Crippen LogP contribution in [0.1, 0.15) is 25.7 Å². The van der Waals surface area contributed by atoms with Crippen LogP contribution in [0.25, 0.3) is 11.3 Å². The van der Waals surface area contributed by atoms with Crippen molar-refractivity contribution in [1.29, 1.82) is 0 Å². The maximum atomic E-state index is 12.2. The molecule has 5 heteroatoms. The van der Waals surface area contributed by atoms with Gasteiger partial charge in [-0.25, -0.2) is 4.98 Å². The molecule has 1 aliphatic rings. The van der Waals surface area contributed by atoms with Crippen LogP contribution < -0.4 is 11.1 Å². The first-order chi connectivity index (χ1) is 9.96. The summed E-state index contributed by atoms with van der Waals surface area (Å²) < 4.78 is 5.19. The molecule has 0 saturated heterocycles. The summed E-state index contributed by atoms with van der Waals surface area (Å²) in [5, 5.41) is 2.88. The van der Waals surface area contributed by atoms with Crippen molar-refractivity contribution in [1.82, 2.24) is 4.98 Å². The molecule has 2 aromatic rings. The van der Waals surface area contributed by atoms with Gasteiger partial charge in [0.05, 0.1) is 5.54 Å². The number of benzene rings is 1. The van der Waals surface area contributed by atoms with Crippen LogP contribution in [-0.2, 0) is 4.79 Å². The Labute approximate surface area is 123 Å². The molecule has 0 aliphatic heterocycles. The van der Waals surface area contributed by atoms with Gasteiger partial charge in [0.1, 0.15) is 12.0 Å². The number of oxazole rings is 1. The number of carbonyl (C=O) groups excluding carboxylic acids is 1. The van der Waals surface area contributed by atoms with E-state index >= 15 is 0 Å². The van der Waals surface area contributed by atoms with Gasteiger partial charge in [0, 0.05) is 18.2 Å². The maximum Gasteiger partial charge on any atom is 0.244 e. The van der Waals surface area contributed by atoms with Crippen LogP contribution in [0.4, 0.5) is 5.69 Å². The number of nitrogens with two attached hydrogens (primary N) is 1. The molecule has 1 aliphatic carbocycles. The lowest BCUT2D eigenvalue weighted by Gasteiger charge is -2.23. The van der Waals surface area contributed by atoms with Gasteiger partial charge in [-0.15, -0.1) is 0 Å². The zero-order chi connectivity index (χ0) is 15.0. The third kappa shape index (κ3) is 2.83. The lowest BCUT2D eigenvalue weighted by atomic mass is 9.96. The summed E-state index contributed by atoms with van der Waals surface area (Å²) in [7, 11) is 0. The number of carbonyl (C=O) groups is 1. The predicted octanol–water partition coefficient (Wildman–Crippen LogP) is 2.72. The first kappa shape index (κ1) is 13.8. The van der Waals surface area contributed by atoms with Gasteiger partial charge in [-0.3, -0.25) is 4.79 Å². The molecule has 1 unspecified atom stereocenters. The van der Waals surface area contributed by atoms with Crippen molar-refractivity contribution in [2.24, 2.45) is 11.7 Å². The second kappa shape index (κ2) is 5.00. The molecule has 3 N–H and O–H groups in total. The quantitative estimate of drug-likeness (QED) is 0.905. The highest BCUT2D eigenvalue weighted by molar-refractivity contribution is 5.98. The number of hydrogen-bond donors (Lipinski definition) is 2. The molecule has 1 heterocycles. The number of aryl methyl sites for hydroxylation is 1. The van der Waals surface area contributed by atoms with E-state index in [9.17, 15) is 4.79 Å². The molecule has 110 valence electrons. The number of rotatable bonds is 4. The molecule has 1 atom stereocenters. The molecule has 1 aromatic heterocycles. The van der Waals surface area contributed by atoms with E-state index in [1.807, 2.05) is 24.3 Å². The van der Waals surface area contributed by atoms with E-state index in [2.05, 4.69) is 10.3 Å². The van der Waals surface area contributed by atoms with Gasteiger partial charge >= 0.3 is 0 Å². The largest absolute Gasteiger partial charge is 0.449 e. The molecule has 1 saturated carbocycles. The SMILES string of the molecule is Cc1nc(-c2ccc(NC(=O)C(C)(N)C3CC3)cc2)co1. The van der Waals surface area contributed by atoms with Crippen LogP contribution in [0.5, 0.6) is 0 Å². The van der Waals surface area contributed by atoms with Gasteiger partial charge < -0.3 is 15.5 Å². The third-order valence-corrected chi connectivity index (χ3v) is 3.97. The minimum atomic E-state index is -0.790. The fraction of sp³-hybridized carbons (Fsp3) is 0.375. The van der Waals surface area contributed by atoms with Gasteiger partial charge in [-0.05, 0) is 37.8 Å². The minimum absolute atomic E-state index is 0.130. The summed E-state index contributed by atoms with van der Waals surface area (Å²) in [4.78, 5) is 16.5. The number of anilines is 1. The summed E-state index contributed by atoms with van der Waals surface area (Å²) in [6, 6.07) is 7.50. The Morgan fingerprint density at radius 3 is 2.57 bits per heavy atom. The van der Waals surface area contributed by atoms with Gasteiger partial charge in [-0.2, -0.15) is 0 Å². The van der Waals surface area contributed by atoms with E-state index in [0.29, 0.717) is 11.8 Å². The van der Waals surface area contributed by atoms with Crippen LogP contribution in [-0.4, -0.2) is 16.4 Å². The monoisotopic (exact) mass is 285 g/mol. The highest BCUT2D eigenvalue weighted by Crippen LogP contribution is 2.38. The topological polar surface area (TPSA) is 81.2 Å². The number of nitrogens with zero attached hydrogens (tertiary/aromatic N) is 1. The fourth-order valence-corrected chi connectivity index (χ4v) is 2.35. The summed E-state index contributed by atoms with van der Waals surface area (Å²) in [5.41, 5.74) is 7.78. The van der Waals surface area contributed by atoms with Crippen LogP contribution in [0.3, 0.4) is 0 Å². The molecule has 1 amide bonds. The molecule has 1 aromatic carbocycles. The zero-order valence-corrected chi connectivity index (χ0v) is 12.2. The highest BCUT2D eigenvalue weighted by Gasteiger charge is 2.44. The molecular weight excluding hydrogens is 266 g/mol. The molecular formula is C16H19N3O2. The molecule has 0 radical (unpaired) electrons. The van der Waals surface area contributed by atoms with E-state index in [0.717, 1.165) is 29.8 Å². The second-order valence-electron chi connectivity index (χ2n) is 5.84. The average Bonchev–Trinajstić information content (AvgIpc) is 3.23. The smallest absolute Gasteiger partial charge is 0.244 e. The van der Waals surface area contributed by atoms with Crippen molar-refractivity contribution in [2.45, 2.75) is 32.2 Å². The van der Waals surface area contributed by atoms with E-state index in [1.165, 1.54) is 0 Å². The summed E-state index contributed by atoms with van der Waals surface area (Å²) >= 11 is 0. The maximum absolute atomic E-state index is 12.2.